The van der Waals surface area contributed by atoms with Crippen molar-refractivity contribution in [3.63, 3.8) is 0 Å². The number of aromatic nitrogens is 1. The summed E-state index contributed by atoms with van der Waals surface area (Å²) in [6.07, 6.45) is 3.42. The van der Waals surface area contributed by atoms with Crippen LogP contribution >= 0.6 is 0 Å². The fourth-order valence-electron chi connectivity index (χ4n) is 3.85. The molecule has 3 atom stereocenters. The van der Waals surface area contributed by atoms with Crippen LogP contribution < -0.4 is 10.6 Å². The second-order valence-corrected chi connectivity index (χ2v) is 9.38. The lowest BCUT2D eigenvalue weighted by Crippen LogP contribution is -2.32. The van der Waals surface area contributed by atoms with E-state index in [4.69, 9.17) is 4.74 Å². The first-order valence-electron chi connectivity index (χ1n) is 11.1. The lowest BCUT2D eigenvalue weighted by molar-refractivity contribution is -0.148. The largest absolute Gasteiger partial charge is 0.481 e. The number of aliphatic hydroxyl groups is 1. The van der Waals surface area contributed by atoms with Crippen LogP contribution in [-0.2, 0) is 14.3 Å². The molecule has 3 rings (SSSR count). The Labute approximate surface area is 199 Å². The van der Waals surface area contributed by atoms with Crippen molar-refractivity contribution in [2.75, 3.05) is 30.8 Å². The Balaban J connectivity index is 1.62. The molecule has 0 bridgehead atoms. The minimum absolute atomic E-state index is 0.162. The van der Waals surface area contributed by atoms with Crippen molar-refractivity contribution in [3.8, 4) is 0 Å². The Morgan fingerprint density at radius 2 is 1.88 bits per heavy atom. The number of likely N-dealkylation sites (tertiary alicyclic amines) is 1. The molecule has 1 aliphatic rings. The summed E-state index contributed by atoms with van der Waals surface area (Å²) < 4.78 is 5.45. The Bertz CT molecular complexity index is 1030. The molecule has 0 radical (unpaired) electrons. The number of hydrogen-bond acceptors (Lipinski definition) is 7. The number of likely N-dealkylation sites (N-methyl/N-ethyl adjacent to an activating group) is 1. The van der Waals surface area contributed by atoms with E-state index in [0.29, 0.717) is 24.5 Å². The number of carboxylic acids is 1. The van der Waals surface area contributed by atoms with Crippen LogP contribution in [0.4, 0.5) is 11.4 Å². The summed E-state index contributed by atoms with van der Waals surface area (Å²) in [5.74, 6) is -1.81. The Hall–Kier alpha value is -3.27. The summed E-state index contributed by atoms with van der Waals surface area (Å²) in [6, 6.07) is 10.6. The van der Waals surface area contributed by atoms with Gasteiger partial charge in [-0.1, -0.05) is 18.2 Å². The molecule has 9 heteroatoms. The number of aliphatic carboxylic acids is 1. The van der Waals surface area contributed by atoms with Crippen LogP contribution in [0.15, 0.2) is 48.7 Å². The number of carbonyl (C=O) groups excluding carboxylic acids is 1. The second kappa shape index (κ2) is 10.8. The van der Waals surface area contributed by atoms with Gasteiger partial charge in [-0.2, -0.15) is 0 Å². The molecule has 0 aliphatic carbocycles. The molecule has 34 heavy (non-hydrogen) atoms. The first-order valence-corrected chi connectivity index (χ1v) is 11.1. The van der Waals surface area contributed by atoms with Crippen molar-refractivity contribution in [2.24, 2.45) is 5.92 Å². The topological polar surface area (TPSA) is 124 Å². The van der Waals surface area contributed by atoms with Crippen LogP contribution in [0, 0.1) is 5.92 Å². The number of anilines is 2. The fourth-order valence-corrected chi connectivity index (χ4v) is 3.85. The van der Waals surface area contributed by atoms with E-state index < -0.39 is 23.9 Å². The van der Waals surface area contributed by atoms with Gasteiger partial charge >= 0.3 is 5.97 Å². The highest BCUT2D eigenvalue weighted by atomic mass is 16.6. The van der Waals surface area contributed by atoms with Gasteiger partial charge in [0.25, 0.3) is 0 Å². The van der Waals surface area contributed by atoms with E-state index in [-0.39, 0.29) is 11.8 Å². The Morgan fingerprint density at radius 1 is 1.18 bits per heavy atom. The number of aliphatic hydroxyl groups excluding tert-OH is 1. The molecular formula is C25H32N4O5. The highest BCUT2D eigenvalue weighted by molar-refractivity contribution is 6.03. The molecular weight excluding hydrogens is 436 g/mol. The van der Waals surface area contributed by atoms with E-state index >= 15 is 0 Å². The minimum atomic E-state index is -1.24. The normalized spacial score (nSPS) is 19.8. The van der Waals surface area contributed by atoms with Gasteiger partial charge in [-0.3, -0.25) is 14.6 Å². The zero-order valence-corrected chi connectivity index (χ0v) is 19.9. The average Bonchev–Trinajstić information content (AvgIpc) is 3.15. The summed E-state index contributed by atoms with van der Waals surface area (Å²) in [7, 11) is 1.90. The predicted octanol–water partition coefficient (Wildman–Crippen LogP) is 2.97. The number of hydrogen-bond donors (Lipinski definition) is 4. The third-order valence-electron chi connectivity index (χ3n) is 5.37. The molecule has 2 aromatic rings. The predicted molar refractivity (Wildman–Crippen MR) is 130 cm³/mol. The quantitative estimate of drug-likeness (QED) is 0.344. The van der Waals surface area contributed by atoms with E-state index in [2.05, 4.69) is 15.6 Å². The monoisotopic (exact) mass is 468 g/mol. The number of pyridine rings is 1. The van der Waals surface area contributed by atoms with Crippen LogP contribution in [0.5, 0.6) is 0 Å². The van der Waals surface area contributed by atoms with Crippen molar-refractivity contribution in [1.29, 1.82) is 0 Å². The lowest BCUT2D eigenvalue weighted by Gasteiger charge is -2.25. The van der Waals surface area contributed by atoms with Gasteiger partial charge < -0.3 is 30.5 Å². The summed E-state index contributed by atoms with van der Waals surface area (Å²) >= 11 is 0. The Kier molecular flexibility index (Phi) is 8.03. The molecule has 3 unspecified atom stereocenters. The van der Waals surface area contributed by atoms with Crippen LogP contribution in [0.1, 0.15) is 37.9 Å². The van der Waals surface area contributed by atoms with Crippen LogP contribution in [0.25, 0.3) is 6.08 Å². The second-order valence-electron chi connectivity index (χ2n) is 9.38. The van der Waals surface area contributed by atoms with Gasteiger partial charge in [0.15, 0.2) is 0 Å². The zero-order valence-electron chi connectivity index (χ0n) is 19.9. The number of rotatable bonds is 8. The summed E-state index contributed by atoms with van der Waals surface area (Å²) in [6.45, 7) is 6.63. The first kappa shape index (κ1) is 25.4. The van der Waals surface area contributed by atoms with E-state index in [1.165, 1.54) is 6.08 Å². The molecule has 1 aromatic carbocycles. The third-order valence-corrected chi connectivity index (χ3v) is 5.37. The highest BCUT2D eigenvalue weighted by Gasteiger charge is 2.37. The van der Waals surface area contributed by atoms with E-state index in [1.54, 1.807) is 36.5 Å². The van der Waals surface area contributed by atoms with Gasteiger partial charge in [0.05, 0.1) is 22.9 Å². The number of carbonyl (C=O) groups is 2. The molecule has 182 valence electrons. The van der Waals surface area contributed by atoms with Gasteiger partial charge in [-0.05, 0) is 57.7 Å². The van der Waals surface area contributed by atoms with E-state index in [0.717, 1.165) is 11.3 Å². The van der Waals surface area contributed by atoms with Gasteiger partial charge in [-0.25, -0.2) is 0 Å². The van der Waals surface area contributed by atoms with Crippen LogP contribution in [0.2, 0.25) is 0 Å². The van der Waals surface area contributed by atoms with Crippen LogP contribution in [-0.4, -0.2) is 64.1 Å². The van der Waals surface area contributed by atoms with Gasteiger partial charge in [0.1, 0.15) is 0 Å². The lowest BCUT2D eigenvalue weighted by atomic mass is 9.92. The van der Waals surface area contributed by atoms with Gasteiger partial charge in [0, 0.05) is 37.0 Å². The number of ether oxygens (including phenoxy) is 1. The third kappa shape index (κ3) is 7.11. The molecule has 1 aliphatic heterocycles. The summed E-state index contributed by atoms with van der Waals surface area (Å²) in [4.78, 5) is 30.4. The van der Waals surface area contributed by atoms with Crippen molar-refractivity contribution in [3.05, 3.63) is 59.9 Å². The minimum Gasteiger partial charge on any atom is -0.481 e. The van der Waals surface area contributed by atoms with Crippen molar-refractivity contribution >= 4 is 29.3 Å². The number of benzene rings is 1. The Morgan fingerprint density at radius 3 is 2.50 bits per heavy atom. The molecule has 0 spiro atoms. The summed E-state index contributed by atoms with van der Waals surface area (Å²) in [5, 5.41) is 25.2. The molecule has 4 N–H and O–H groups in total. The van der Waals surface area contributed by atoms with Gasteiger partial charge in [-0.15, -0.1) is 0 Å². The van der Waals surface area contributed by atoms with Crippen molar-refractivity contribution in [2.45, 2.75) is 38.7 Å². The molecule has 1 saturated heterocycles. The number of carboxylic acid groups (broad SMARTS) is 1. The molecule has 1 aromatic heterocycles. The molecule has 1 amide bonds. The molecule has 1 fully saturated rings. The number of amides is 1. The maximum Gasteiger partial charge on any atom is 0.308 e. The number of nitrogens with one attached hydrogen (secondary N) is 2. The maximum absolute atomic E-state index is 12.5. The smallest absolute Gasteiger partial charge is 0.308 e. The van der Waals surface area contributed by atoms with Crippen LogP contribution in [0.3, 0.4) is 0 Å². The fraction of sp³-hybridized carbons (Fsp3) is 0.400. The standard InChI is InChI=1S/C25H32N4O5/c1-25(2,3)34-24(33)28-21-8-6-5-7-20(21)27-22(30)12-10-16-9-11-19(26-13-16)17-14-29(4)15-18(17)23(31)32/h5-13,17-18,24,28,33H,14-15H2,1-4H3,(H,27,30)(H,31,32)/b12-10+. The zero-order chi connectivity index (χ0) is 24.9. The molecule has 0 saturated carbocycles. The maximum atomic E-state index is 12.5. The van der Waals surface area contributed by atoms with Crippen molar-refractivity contribution in [1.82, 2.24) is 9.88 Å². The first-order chi connectivity index (χ1) is 16.0. The van der Waals surface area contributed by atoms with E-state index in [9.17, 15) is 19.8 Å². The van der Waals surface area contributed by atoms with Crippen molar-refractivity contribution < 1.29 is 24.5 Å². The number of para-hydroxylation sites is 2. The highest BCUT2D eigenvalue weighted by Crippen LogP contribution is 2.31. The SMILES string of the molecule is CN1CC(C(=O)O)C(c2ccc(/C=C/C(=O)Nc3ccccc3NC(O)OC(C)(C)C)cn2)C1. The van der Waals surface area contributed by atoms with Gasteiger partial charge in [0.2, 0.25) is 12.3 Å². The molecule has 2 heterocycles. The average molecular weight is 469 g/mol. The number of nitrogens with zero attached hydrogens (tertiary/aromatic N) is 2. The van der Waals surface area contributed by atoms with E-state index in [1.807, 2.05) is 44.9 Å². The molecule has 9 nitrogen and oxygen atoms in total. The summed E-state index contributed by atoms with van der Waals surface area (Å²) in [5.41, 5.74) is 1.92.